The van der Waals surface area contributed by atoms with Crippen LogP contribution in [-0.4, -0.2) is 45.8 Å². The molecule has 0 radical (unpaired) electrons. The van der Waals surface area contributed by atoms with Crippen molar-refractivity contribution in [2.75, 3.05) is 20.2 Å². The minimum atomic E-state index is -0.289. The SMILES string of the molecule is COCc1ccc(C(=O)NCc2nnc3n2CCN(Cc2cccc(Oc4ccccc4)c2)CC3)o1. The molecule has 0 saturated heterocycles. The fraction of sp³-hybridized carbons (Fsp3) is 0.296. The van der Waals surface area contributed by atoms with E-state index in [9.17, 15) is 4.79 Å². The van der Waals surface area contributed by atoms with Gasteiger partial charge in [0.25, 0.3) is 5.91 Å². The molecule has 0 spiro atoms. The largest absolute Gasteiger partial charge is 0.457 e. The van der Waals surface area contributed by atoms with E-state index in [1.807, 2.05) is 42.5 Å². The lowest BCUT2D eigenvalue weighted by molar-refractivity contribution is 0.0913. The maximum Gasteiger partial charge on any atom is 0.287 e. The van der Waals surface area contributed by atoms with E-state index in [2.05, 4.69) is 37.1 Å². The van der Waals surface area contributed by atoms with Gasteiger partial charge in [-0.05, 0) is 42.0 Å². The van der Waals surface area contributed by atoms with Gasteiger partial charge in [0.15, 0.2) is 11.6 Å². The predicted octanol–water partition coefficient (Wildman–Crippen LogP) is 3.80. The van der Waals surface area contributed by atoms with Gasteiger partial charge in [-0.1, -0.05) is 30.3 Å². The number of aromatic nitrogens is 3. The molecular weight excluding hydrogens is 458 g/mol. The van der Waals surface area contributed by atoms with E-state index in [1.165, 1.54) is 5.56 Å². The minimum Gasteiger partial charge on any atom is -0.457 e. The van der Waals surface area contributed by atoms with Gasteiger partial charge in [-0.2, -0.15) is 0 Å². The zero-order valence-corrected chi connectivity index (χ0v) is 20.2. The Labute approximate surface area is 209 Å². The molecule has 0 saturated carbocycles. The van der Waals surface area contributed by atoms with Crippen molar-refractivity contribution in [2.45, 2.75) is 32.7 Å². The third-order valence-corrected chi connectivity index (χ3v) is 6.06. The number of furan rings is 1. The highest BCUT2D eigenvalue weighted by molar-refractivity contribution is 5.91. The Morgan fingerprint density at radius 2 is 1.86 bits per heavy atom. The molecule has 36 heavy (non-hydrogen) atoms. The molecule has 0 bridgehead atoms. The summed E-state index contributed by atoms with van der Waals surface area (Å²) in [5.74, 6) is 3.89. The molecule has 1 N–H and O–H groups in total. The normalized spacial score (nSPS) is 13.7. The van der Waals surface area contributed by atoms with Gasteiger partial charge < -0.3 is 23.8 Å². The summed E-state index contributed by atoms with van der Waals surface area (Å²) in [4.78, 5) is 14.9. The summed E-state index contributed by atoms with van der Waals surface area (Å²) in [5, 5.41) is 11.6. The average Bonchev–Trinajstić information content (AvgIpc) is 3.47. The molecule has 2 aromatic carbocycles. The van der Waals surface area contributed by atoms with Gasteiger partial charge in [0.1, 0.15) is 29.7 Å². The molecule has 1 aliphatic rings. The predicted molar refractivity (Wildman–Crippen MR) is 133 cm³/mol. The van der Waals surface area contributed by atoms with Crippen LogP contribution >= 0.6 is 0 Å². The number of nitrogens with zero attached hydrogens (tertiary/aromatic N) is 4. The Morgan fingerprint density at radius 1 is 1.00 bits per heavy atom. The quantitative estimate of drug-likeness (QED) is 0.384. The van der Waals surface area contributed by atoms with Crippen LogP contribution in [0.15, 0.2) is 71.1 Å². The zero-order valence-electron chi connectivity index (χ0n) is 20.2. The van der Waals surface area contributed by atoms with E-state index in [4.69, 9.17) is 13.9 Å². The van der Waals surface area contributed by atoms with E-state index >= 15 is 0 Å². The molecule has 9 nitrogen and oxygen atoms in total. The van der Waals surface area contributed by atoms with Gasteiger partial charge >= 0.3 is 0 Å². The molecule has 4 aromatic rings. The molecular formula is C27H29N5O4. The third kappa shape index (κ3) is 5.81. The lowest BCUT2D eigenvalue weighted by Gasteiger charge is -2.20. The van der Waals surface area contributed by atoms with Gasteiger partial charge in [-0.3, -0.25) is 9.69 Å². The van der Waals surface area contributed by atoms with Crippen LogP contribution in [0.1, 0.15) is 33.5 Å². The number of carbonyl (C=O) groups is 1. The molecule has 5 rings (SSSR count). The summed E-state index contributed by atoms with van der Waals surface area (Å²) in [6, 6.07) is 21.4. The molecule has 0 aliphatic carbocycles. The third-order valence-electron chi connectivity index (χ3n) is 6.06. The molecule has 1 aliphatic heterocycles. The van der Waals surface area contributed by atoms with Crippen LogP contribution in [-0.2, 0) is 37.4 Å². The van der Waals surface area contributed by atoms with Gasteiger partial charge in [0.2, 0.25) is 0 Å². The number of hydrogen-bond donors (Lipinski definition) is 1. The fourth-order valence-corrected chi connectivity index (χ4v) is 4.27. The van der Waals surface area contributed by atoms with Crippen molar-refractivity contribution in [3.05, 3.63) is 95.5 Å². The van der Waals surface area contributed by atoms with E-state index in [-0.39, 0.29) is 18.2 Å². The van der Waals surface area contributed by atoms with Crippen LogP contribution < -0.4 is 10.1 Å². The maximum absolute atomic E-state index is 12.5. The van der Waals surface area contributed by atoms with E-state index < -0.39 is 0 Å². The number of carbonyl (C=O) groups excluding carboxylic acids is 1. The van der Waals surface area contributed by atoms with E-state index in [0.717, 1.165) is 55.7 Å². The second-order valence-corrected chi connectivity index (χ2v) is 8.65. The van der Waals surface area contributed by atoms with Crippen molar-refractivity contribution in [3.63, 3.8) is 0 Å². The minimum absolute atomic E-state index is 0.252. The topological polar surface area (TPSA) is 94.6 Å². The summed E-state index contributed by atoms with van der Waals surface area (Å²) < 4.78 is 18.6. The Balaban J connectivity index is 1.16. The van der Waals surface area contributed by atoms with Gasteiger partial charge in [0, 0.05) is 39.7 Å². The van der Waals surface area contributed by atoms with Gasteiger partial charge in [-0.25, -0.2) is 0 Å². The molecule has 0 fully saturated rings. The Hall–Kier alpha value is -3.95. The summed E-state index contributed by atoms with van der Waals surface area (Å²) in [6.45, 7) is 3.92. The maximum atomic E-state index is 12.5. The number of benzene rings is 2. The number of hydrogen-bond acceptors (Lipinski definition) is 7. The molecule has 186 valence electrons. The highest BCUT2D eigenvalue weighted by Crippen LogP contribution is 2.23. The van der Waals surface area contributed by atoms with Crippen molar-refractivity contribution in [3.8, 4) is 11.5 Å². The Bertz CT molecular complexity index is 1300. The van der Waals surface area contributed by atoms with Crippen molar-refractivity contribution in [2.24, 2.45) is 0 Å². The molecule has 0 atom stereocenters. The summed E-state index contributed by atoms with van der Waals surface area (Å²) >= 11 is 0. The molecule has 3 heterocycles. The Morgan fingerprint density at radius 3 is 2.72 bits per heavy atom. The van der Waals surface area contributed by atoms with Crippen LogP contribution in [0, 0.1) is 0 Å². The highest BCUT2D eigenvalue weighted by atomic mass is 16.5. The van der Waals surface area contributed by atoms with E-state index in [1.54, 1.807) is 19.2 Å². The second kappa shape index (κ2) is 11.2. The fourth-order valence-electron chi connectivity index (χ4n) is 4.27. The summed E-state index contributed by atoms with van der Waals surface area (Å²) in [7, 11) is 1.58. The van der Waals surface area contributed by atoms with Crippen molar-refractivity contribution >= 4 is 5.91 Å². The number of fused-ring (bicyclic) bond motifs is 1. The van der Waals surface area contributed by atoms with Crippen LogP contribution in [0.5, 0.6) is 11.5 Å². The molecule has 9 heteroatoms. The van der Waals surface area contributed by atoms with Crippen molar-refractivity contribution in [1.82, 2.24) is 25.0 Å². The first-order chi connectivity index (χ1) is 17.7. The first kappa shape index (κ1) is 23.8. The first-order valence-corrected chi connectivity index (χ1v) is 12.0. The monoisotopic (exact) mass is 487 g/mol. The Kier molecular flexibility index (Phi) is 7.39. The second-order valence-electron chi connectivity index (χ2n) is 8.65. The number of para-hydroxylation sites is 1. The first-order valence-electron chi connectivity index (χ1n) is 12.0. The standard InChI is InChI=1S/C27H29N5O4/c1-34-19-23-10-11-24(36-23)27(33)28-17-26-30-29-25-12-13-31(14-15-32(25)26)18-20-6-5-9-22(16-20)35-21-7-3-2-4-8-21/h2-11,16H,12-15,17-19H2,1H3,(H,28,33). The number of amides is 1. The van der Waals surface area contributed by atoms with Crippen molar-refractivity contribution < 1.29 is 18.7 Å². The molecule has 0 unspecified atom stereocenters. The molecule has 1 amide bonds. The zero-order chi connectivity index (χ0) is 24.7. The summed E-state index contributed by atoms with van der Waals surface area (Å²) in [5.41, 5.74) is 1.19. The van der Waals surface area contributed by atoms with Crippen LogP contribution in [0.3, 0.4) is 0 Å². The smallest absolute Gasteiger partial charge is 0.287 e. The highest BCUT2D eigenvalue weighted by Gasteiger charge is 2.20. The summed E-state index contributed by atoms with van der Waals surface area (Å²) in [6.07, 6.45) is 0.791. The number of ether oxygens (including phenoxy) is 2. The number of rotatable bonds is 9. The number of methoxy groups -OCH3 is 1. The van der Waals surface area contributed by atoms with Crippen LogP contribution in [0.25, 0.3) is 0 Å². The molecule has 2 aromatic heterocycles. The number of nitrogens with one attached hydrogen (secondary N) is 1. The van der Waals surface area contributed by atoms with Crippen LogP contribution in [0.4, 0.5) is 0 Å². The van der Waals surface area contributed by atoms with Crippen molar-refractivity contribution in [1.29, 1.82) is 0 Å². The van der Waals surface area contributed by atoms with Gasteiger partial charge in [-0.15, -0.1) is 10.2 Å². The van der Waals surface area contributed by atoms with E-state index in [0.29, 0.717) is 12.4 Å². The van der Waals surface area contributed by atoms with Gasteiger partial charge in [0.05, 0.1) is 6.54 Å². The van der Waals surface area contributed by atoms with Crippen LogP contribution in [0.2, 0.25) is 0 Å². The lowest BCUT2D eigenvalue weighted by atomic mass is 10.2. The average molecular weight is 488 g/mol. The lowest BCUT2D eigenvalue weighted by Crippen LogP contribution is -2.28.